The number of nitrogens with zero attached hydrogens (tertiary/aromatic N) is 3. The van der Waals surface area contributed by atoms with E-state index in [4.69, 9.17) is 0 Å². The van der Waals surface area contributed by atoms with Gasteiger partial charge in [-0.05, 0) is 54.7 Å². The second-order valence-corrected chi connectivity index (χ2v) is 11.6. The van der Waals surface area contributed by atoms with Crippen LogP contribution in [0.1, 0.15) is 48.2 Å². The van der Waals surface area contributed by atoms with E-state index in [0.717, 1.165) is 31.2 Å². The highest BCUT2D eigenvalue weighted by Crippen LogP contribution is 2.33. The average Bonchev–Trinajstić information content (AvgIpc) is 2.89. The zero-order valence-electron chi connectivity index (χ0n) is 21.9. The maximum atomic E-state index is 14.8. The standard InChI is InChI=1S/C27H29F4N5O3S/c1-17-10-13-36(14-11-17)25-19(7-9-23(34-25)27(29,30)31)16-33-26(37)24(22-5-3-4-12-32-22)18-6-8-21(20(28)15-18)35-40(2,38)39/h3-9,12,15,17,24,35H,10-11,13-14,16H2,1-2H3,(H,33,37). The second-order valence-electron chi connectivity index (χ2n) is 9.87. The highest BCUT2D eigenvalue weighted by molar-refractivity contribution is 7.92. The lowest BCUT2D eigenvalue weighted by Crippen LogP contribution is -2.36. The van der Waals surface area contributed by atoms with Crippen LogP contribution in [-0.2, 0) is 27.5 Å². The Labute approximate surface area is 229 Å². The van der Waals surface area contributed by atoms with Crippen LogP contribution in [0, 0.1) is 11.7 Å². The first kappa shape index (κ1) is 29.2. The fourth-order valence-corrected chi connectivity index (χ4v) is 5.11. The second kappa shape index (κ2) is 11.8. The molecule has 1 aliphatic rings. The predicted octanol–water partition coefficient (Wildman–Crippen LogP) is 4.69. The summed E-state index contributed by atoms with van der Waals surface area (Å²) in [5.74, 6) is -1.92. The van der Waals surface area contributed by atoms with E-state index in [2.05, 4.69) is 26.9 Å². The van der Waals surface area contributed by atoms with Crippen molar-refractivity contribution >= 4 is 27.4 Å². The van der Waals surface area contributed by atoms with Gasteiger partial charge in [0.05, 0.1) is 17.6 Å². The lowest BCUT2D eigenvalue weighted by atomic mass is 9.93. The minimum Gasteiger partial charge on any atom is -0.356 e. The van der Waals surface area contributed by atoms with Gasteiger partial charge < -0.3 is 10.2 Å². The van der Waals surface area contributed by atoms with Gasteiger partial charge in [-0.1, -0.05) is 25.1 Å². The van der Waals surface area contributed by atoms with Crippen LogP contribution >= 0.6 is 0 Å². The molecule has 3 heterocycles. The van der Waals surface area contributed by atoms with Crippen LogP contribution in [0.5, 0.6) is 0 Å². The summed E-state index contributed by atoms with van der Waals surface area (Å²) < 4.78 is 80.3. The van der Waals surface area contributed by atoms with Crippen molar-refractivity contribution in [2.45, 2.75) is 38.4 Å². The van der Waals surface area contributed by atoms with Gasteiger partial charge in [-0.15, -0.1) is 0 Å². The maximum Gasteiger partial charge on any atom is 0.433 e. The summed E-state index contributed by atoms with van der Waals surface area (Å²) in [6, 6.07) is 10.8. The van der Waals surface area contributed by atoms with E-state index in [1.54, 1.807) is 23.1 Å². The number of hydrogen-bond acceptors (Lipinski definition) is 6. The van der Waals surface area contributed by atoms with Gasteiger partial charge in [0.25, 0.3) is 0 Å². The average molecular weight is 580 g/mol. The van der Waals surface area contributed by atoms with E-state index in [1.165, 1.54) is 24.4 Å². The zero-order chi connectivity index (χ0) is 29.1. The Morgan fingerprint density at radius 2 is 1.85 bits per heavy atom. The minimum absolute atomic E-state index is 0.120. The van der Waals surface area contributed by atoms with Crippen LogP contribution in [0.4, 0.5) is 29.1 Å². The fraction of sp³-hybridized carbons (Fsp3) is 0.370. The molecule has 1 amide bonds. The third kappa shape index (κ3) is 7.26. The number of hydrogen-bond donors (Lipinski definition) is 2. The molecule has 214 valence electrons. The first-order valence-electron chi connectivity index (χ1n) is 12.6. The number of amides is 1. The first-order valence-corrected chi connectivity index (χ1v) is 14.5. The van der Waals surface area contributed by atoms with Crippen molar-refractivity contribution in [2.24, 2.45) is 5.92 Å². The van der Waals surface area contributed by atoms with Crippen LogP contribution in [0.2, 0.25) is 0 Å². The van der Waals surface area contributed by atoms with Crippen molar-refractivity contribution < 1.29 is 30.8 Å². The topological polar surface area (TPSA) is 104 Å². The molecule has 1 aliphatic heterocycles. The van der Waals surface area contributed by atoms with Crippen molar-refractivity contribution in [3.63, 3.8) is 0 Å². The van der Waals surface area contributed by atoms with Gasteiger partial charge in [-0.2, -0.15) is 13.2 Å². The monoisotopic (exact) mass is 579 g/mol. The Morgan fingerprint density at radius 3 is 2.45 bits per heavy atom. The quantitative estimate of drug-likeness (QED) is 0.376. The molecule has 8 nitrogen and oxygen atoms in total. The minimum atomic E-state index is -4.62. The van der Waals surface area contributed by atoms with Gasteiger partial charge >= 0.3 is 6.18 Å². The summed E-state index contributed by atoms with van der Waals surface area (Å²) in [5.41, 5.74) is -0.360. The third-order valence-electron chi connectivity index (χ3n) is 6.65. The highest BCUT2D eigenvalue weighted by Gasteiger charge is 2.34. The lowest BCUT2D eigenvalue weighted by molar-refractivity contribution is -0.141. The molecule has 0 saturated carbocycles. The SMILES string of the molecule is CC1CCN(c2nc(C(F)(F)F)ccc2CNC(=O)C(c2ccc(NS(C)(=O)=O)c(F)c2)c2ccccn2)CC1. The van der Waals surface area contributed by atoms with Crippen molar-refractivity contribution in [3.8, 4) is 0 Å². The number of pyridine rings is 2. The number of carbonyl (C=O) groups excluding carboxylic acids is 1. The molecular weight excluding hydrogens is 550 g/mol. The molecule has 0 radical (unpaired) electrons. The van der Waals surface area contributed by atoms with Crippen LogP contribution in [0.3, 0.4) is 0 Å². The summed E-state index contributed by atoms with van der Waals surface area (Å²) in [4.78, 5) is 23.5. The fourth-order valence-electron chi connectivity index (χ4n) is 4.55. The van der Waals surface area contributed by atoms with E-state index in [0.29, 0.717) is 30.3 Å². The van der Waals surface area contributed by atoms with E-state index < -0.39 is 39.5 Å². The van der Waals surface area contributed by atoms with Crippen molar-refractivity contribution in [2.75, 3.05) is 29.0 Å². The molecule has 1 saturated heterocycles. The smallest absolute Gasteiger partial charge is 0.356 e. The van der Waals surface area contributed by atoms with Crippen LogP contribution in [-0.4, -0.2) is 43.6 Å². The Kier molecular flexibility index (Phi) is 8.62. The molecule has 1 fully saturated rings. The number of rotatable bonds is 8. The Bertz CT molecular complexity index is 1460. The molecule has 1 unspecified atom stereocenters. The number of sulfonamides is 1. The maximum absolute atomic E-state index is 14.8. The molecule has 2 aromatic heterocycles. The largest absolute Gasteiger partial charge is 0.433 e. The highest BCUT2D eigenvalue weighted by atomic mass is 32.2. The van der Waals surface area contributed by atoms with Crippen molar-refractivity contribution in [1.82, 2.24) is 15.3 Å². The van der Waals surface area contributed by atoms with Gasteiger partial charge in [0.2, 0.25) is 15.9 Å². The molecule has 0 aliphatic carbocycles. The summed E-state index contributed by atoms with van der Waals surface area (Å²) in [7, 11) is -3.73. The molecule has 2 N–H and O–H groups in total. The molecule has 3 aromatic rings. The van der Waals surface area contributed by atoms with Gasteiger partial charge in [-0.3, -0.25) is 14.5 Å². The summed E-state index contributed by atoms with van der Waals surface area (Å²) in [5, 5.41) is 2.75. The van der Waals surface area contributed by atoms with Crippen LogP contribution in [0.25, 0.3) is 0 Å². The van der Waals surface area contributed by atoms with Gasteiger partial charge in [-0.25, -0.2) is 17.8 Å². The van der Waals surface area contributed by atoms with Gasteiger partial charge in [0, 0.05) is 31.4 Å². The normalized spacial score (nSPS) is 15.5. The number of halogens is 4. The van der Waals surface area contributed by atoms with Gasteiger partial charge in [0.15, 0.2) is 0 Å². The van der Waals surface area contributed by atoms with Crippen LogP contribution in [0.15, 0.2) is 54.7 Å². The Hall–Kier alpha value is -3.74. The van der Waals surface area contributed by atoms with E-state index in [1.807, 2.05) is 0 Å². The zero-order valence-corrected chi connectivity index (χ0v) is 22.7. The number of piperidine rings is 1. The van der Waals surface area contributed by atoms with Crippen LogP contribution < -0.4 is 14.9 Å². The number of anilines is 2. The molecule has 0 bridgehead atoms. The Balaban J connectivity index is 1.63. The van der Waals surface area contributed by atoms with E-state index >= 15 is 0 Å². The number of benzene rings is 1. The molecule has 1 atom stereocenters. The number of nitrogens with one attached hydrogen (secondary N) is 2. The number of aromatic nitrogens is 2. The van der Waals surface area contributed by atoms with E-state index in [9.17, 15) is 30.8 Å². The summed E-state index contributed by atoms with van der Waals surface area (Å²) in [6.45, 7) is 3.05. The number of carbonyl (C=O) groups is 1. The Morgan fingerprint density at radius 1 is 1.12 bits per heavy atom. The third-order valence-corrected chi connectivity index (χ3v) is 7.24. The van der Waals surface area contributed by atoms with Crippen molar-refractivity contribution in [3.05, 3.63) is 83.1 Å². The molecule has 1 aromatic carbocycles. The number of alkyl halides is 3. The first-order chi connectivity index (χ1) is 18.8. The molecule has 4 rings (SSSR count). The van der Waals surface area contributed by atoms with E-state index in [-0.39, 0.29) is 23.6 Å². The molecular formula is C27H29F4N5O3S. The van der Waals surface area contributed by atoms with Crippen molar-refractivity contribution in [1.29, 1.82) is 0 Å². The summed E-state index contributed by atoms with van der Waals surface area (Å²) >= 11 is 0. The lowest BCUT2D eigenvalue weighted by Gasteiger charge is -2.33. The van der Waals surface area contributed by atoms with Gasteiger partial charge in [0.1, 0.15) is 23.2 Å². The summed E-state index contributed by atoms with van der Waals surface area (Å²) in [6.07, 6.45) is -0.644. The molecule has 13 heteroatoms. The molecule has 40 heavy (non-hydrogen) atoms. The molecule has 0 spiro atoms. The predicted molar refractivity (Wildman–Crippen MR) is 143 cm³/mol.